The highest BCUT2D eigenvalue weighted by atomic mass is 35.5. The molecule has 1 fully saturated rings. The van der Waals surface area contributed by atoms with Crippen molar-refractivity contribution in [1.82, 2.24) is 4.90 Å². The van der Waals surface area contributed by atoms with Crippen molar-refractivity contribution in [3.8, 4) is 11.5 Å². The molecule has 5 heteroatoms. The Labute approximate surface area is 159 Å². The van der Waals surface area contributed by atoms with Gasteiger partial charge >= 0.3 is 0 Å². The van der Waals surface area contributed by atoms with Crippen LogP contribution in [0.25, 0.3) is 0 Å². The van der Waals surface area contributed by atoms with Gasteiger partial charge in [0, 0.05) is 43.9 Å². The maximum Gasteiger partial charge on any atom is 0.123 e. The van der Waals surface area contributed by atoms with Gasteiger partial charge in [0.1, 0.15) is 23.7 Å². The second-order valence-electron chi connectivity index (χ2n) is 7.26. The van der Waals surface area contributed by atoms with E-state index >= 15 is 0 Å². The summed E-state index contributed by atoms with van der Waals surface area (Å²) in [4.78, 5) is 2.44. The Balaban J connectivity index is 1.34. The molecule has 26 heavy (non-hydrogen) atoms. The Bertz CT molecular complexity index is 745. The molecule has 0 aromatic heterocycles. The maximum atomic E-state index is 6.33. The van der Waals surface area contributed by atoms with E-state index in [0.717, 1.165) is 48.9 Å². The van der Waals surface area contributed by atoms with Crippen molar-refractivity contribution in [3.63, 3.8) is 0 Å². The molecule has 2 aromatic rings. The number of nitrogens with two attached hydrogens (primary N) is 1. The molecular formula is C21H25ClN2O2. The van der Waals surface area contributed by atoms with E-state index in [1.54, 1.807) is 0 Å². The zero-order valence-electron chi connectivity index (χ0n) is 14.9. The lowest BCUT2D eigenvalue weighted by Crippen LogP contribution is -2.53. The summed E-state index contributed by atoms with van der Waals surface area (Å²) in [6.45, 7) is 3.16. The van der Waals surface area contributed by atoms with E-state index in [9.17, 15) is 0 Å². The summed E-state index contributed by atoms with van der Waals surface area (Å²) in [5.74, 6) is 1.89. The van der Waals surface area contributed by atoms with Crippen LogP contribution < -0.4 is 15.2 Å². The molecule has 138 valence electrons. The molecule has 1 saturated heterocycles. The second kappa shape index (κ2) is 7.47. The number of nitrogens with zero attached hydrogens (tertiary/aromatic N) is 1. The molecule has 2 aromatic carbocycles. The van der Waals surface area contributed by atoms with Crippen molar-refractivity contribution >= 4 is 11.6 Å². The van der Waals surface area contributed by atoms with Crippen molar-refractivity contribution < 1.29 is 9.47 Å². The average molecular weight is 373 g/mol. The normalized spacial score (nSPS) is 19.8. The van der Waals surface area contributed by atoms with Crippen LogP contribution in [0.1, 0.15) is 18.4 Å². The number of para-hydroxylation sites is 1. The van der Waals surface area contributed by atoms with Crippen molar-refractivity contribution in [2.45, 2.75) is 30.9 Å². The van der Waals surface area contributed by atoms with E-state index in [1.807, 2.05) is 48.5 Å². The van der Waals surface area contributed by atoms with Crippen LogP contribution in [0.2, 0.25) is 5.02 Å². The minimum atomic E-state index is -0.0804. The van der Waals surface area contributed by atoms with Gasteiger partial charge in [0.05, 0.1) is 6.04 Å². The van der Waals surface area contributed by atoms with Crippen LogP contribution in [-0.4, -0.2) is 42.8 Å². The zero-order chi connectivity index (χ0) is 18.0. The molecule has 0 amide bonds. The number of piperidine rings is 1. The molecule has 0 radical (unpaired) electrons. The highest BCUT2D eigenvalue weighted by molar-refractivity contribution is 6.30. The van der Waals surface area contributed by atoms with Crippen LogP contribution in [-0.2, 0) is 6.42 Å². The number of likely N-dealkylation sites (tertiary alicyclic amines) is 1. The minimum absolute atomic E-state index is 0.0804. The van der Waals surface area contributed by atoms with E-state index < -0.39 is 0 Å². The number of ether oxygens (including phenoxy) is 2. The summed E-state index contributed by atoms with van der Waals surface area (Å²) >= 11 is 6.13. The van der Waals surface area contributed by atoms with E-state index in [1.165, 1.54) is 5.56 Å². The first kappa shape index (κ1) is 17.7. The van der Waals surface area contributed by atoms with Crippen LogP contribution in [0, 0.1) is 0 Å². The Morgan fingerprint density at radius 3 is 2.65 bits per heavy atom. The van der Waals surface area contributed by atoms with Crippen LogP contribution >= 0.6 is 11.6 Å². The molecule has 2 heterocycles. The first-order valence-corrected chi connectivity index (χ1v) is 9.65. The number of halogens is 1. The fourth-order valence-electron chi connectivity index (χ4n) is 4.01. The van der Waals surface area contributed by atoms with Gasteiger partial charge < -0.3 is 15.2 Å². The van der Waals surface area contributed by atoms with Crippen LogP contribution in [0.3, 0.4) is 0 Å². The Morgan fingerprint density at radius 1 is 1.15 bits per heavy atom. The lowest BCUT2D eigenvalue weighted by molar-refractivity contribution is -0.000256. The van der Waals surface area contributed by atoms with E-state index in [-0.39, 0.29) is 11.6 Å². The van der Waals surface area contributed by atoms with Gasteiger partial charge in [-0.15, -0.1) is 0 Å². The fraction of sp³-hybridized carbons (Fsp3) is 0.429. The third kappa shape index (κ3) is 3.68. The monoisotopic (exact) mass is 372 g/mol. The third-order valence-electron chi connectivity index (χ3n) is 5.54. The number of hydrogen-bond acceptors (Lipinski definition) is 4. The SMILES string of the molecule is NCC(COc1ccccc1)N1CCC2(CC1)Cc1cc(Cl)ccc1O2. The molecule has 4 nitrogen and oxygen atoms in total. The highest BCUT2D eigenvalue weighted by Crippen LogP contribution is 2.42. The van der Waals surface area contributed by atoms with Crippen LogP contribution in [0.5, 0.6) is 11.5 Å². The number of benzene rings is 2. The van der Waals surface area contributed by atoms with E-state index in [2.05, 4.69) is 4.90 Å². The predicted octanol–water partition coefficient (Wildman–Crippen LogP) is 3.52. The second-order valence-corrected chi connectivity index (χ2v) is 7.70. The summed E-state index contributed by atoms with van der Waals surface area (Å²) in [7, 11) is 0. The van der Waals surface area contributed by atoms with Gasteiger partial charge in [-0.05, 0) is 35.9 Å². The molecule has 0 aliphatic carbocycles. The lowest BCUT2D eigenvalue weighted by atomic mass is 9.86. The molecule has 2 aliphatic rings. The quantitative estimate of drug-likeness (QED) is 0.872. The van der Waals surface area contributed by atoms with Gasteiger partial charge in [0.2, 0.25) is 0 Å². The molecule has 0 bridgehead atoms. The van der Waals surface area contributed by atoms with Gasteiger partial charge in [-0.3, -0.25) is 4.90 Å². The summed E-state index contributed by atoms with van der Waals surface area (Å²) < 4.78 is 12.3. The maximum absolute atomic E-state index is 6.33. The summed E-state index contributed by atoms with van der Waals surface area (Å²) in [6, 6.07) is 16.1. The Morgan fingerprint density at radius 2 is 1.92 bits per heavy atom. The molecular weight excluding hydrogens is 348 g/mol. The van der Waals surface area contributed by atoms with Crippen LogP contribution in [0.4, 0.5) is 0 Å². The van der Waals surface area contributed by atoms with Gasteiger partial charge in [0.15, 0.2) is 0 Å². The lowest BCUT2D eigenvalue weighted by Gasteiger charge is -2.41. The highest BCUT2D eigenvalue weighted by Gasteiger charge is 2.42. The van der Waals surface area contributed by atoms with Crippen molar-refractivity contribution in [2.24, 2.45) is 5.73 Å². The van der Waals surface area contributed by atoms with E-state index in [4.69, 9.17) is 26.8 Å². The number of rotatable bonds is 5. The fourth-order valence-corrected chi connectivity index (χ4v) is 4.20. The molecule has 0 saturated carbocycles. The minimum Gasteiger partial charge on any atom is -0.492 e. The molecule has 2 N–H and O–H groups in total. The van der Waals surface area contributed by atoms with E-state index in [0.29, 0.717) is 13.2 Å². The largest absolute Gasteiger partial charge is 0.492 e. The third-order valence-corrected chi connectivity index (χ3v) is 5.78. The van der Waals surface area contributed by atoms with Crippen molar-refractivity contribution in [3.05, 3.63) is 59.1 Å². The van der Waals surface area contributed by atoms with Crippen molar-refractivity contribution in [1.29, 1.82) is 0 Å². The molecule has 4 rings (SSSR count). The van der Waals surface area contributed by atoms with Gasteiger partial charge in [-0.2, -0.15) is 0 Å². The average Bonchev–Trinajstić information content (AvgIpc) is 3.01. The van der Waals surface area contributed by atoms with Gasteiger partial charge in [-0.1, -0.05) is 29.8 Å². The Hall–Kier alpha value is -1.75. The van der Waals surface area contributed by atoms with Crippen molar-refractivity contribution in [2.75, 3.05) is 26.2 Å². The predicted molar refractivity (Wildman–Crippen MR) is 104 cm³/mol. The molecule has 1 spiro atoms. The molecule has 2 aliphatic heterocycles. The smallest absolute Gasteiger partial charge is 0.123 e. The topological polar surface area (TPSA) is 47.7 Å². The zero-order valence-corrected chi connectivity index (χ0v) is 15.6. The number of fused-ring (bicyclic) bond motifs is 1. The summed E-state index contributed by atoms with van der Waals surface area (Å²) in [5, 5.41) is 0.781. The van der Waals surface area contributed by atoms with Gasteiger partial charge in [-0.25, -0.2) is 0 Å². The standard InChI is InChI=1S/C21H25ClN2O2/c22-17-6-7-20-16(12-17)13-21(26-20)8-10-24(11-9-21)18(14-23)15-25-19-4-2-1-3-5-19/h1-7,12,18H,8-11,13-15,23H2. The summed E-state index contributed by atoms with van der Waals surface area (Å²) in [5.41, 5.74) is 7.18. The summed E-state index contributed by atoms with van der Waals surface area (Å²) in [6.07, 6.45) is 2.95. The molecule has 1 atom stereocenters. The first-order valence-electron chi connectivity index (χ1n) is 9.27. The molecule has 1 unspecified atom stereocenters. The first-order chi connectivity index (χ1) is 12.7. The number of hydrogen-bond donors (Lipinski definition) is 1. The van der Waals surface area contributed by atoms with Gasteiger partial charge in [0.25, 0.3) is 0 Å². The van der Waals surface area contributed by atoms with Crippen LogP contribution in [0.15, 0.2) is 48.5 Å². The Kier molecular flexibility index (Phi) is 5.07.